The molecule has 0 aliphatic carbocycles. The number of aromatic nitrogens is 3. The average Bonchev–Trinajstić information content (AvgIpc) is 3.48. The highest BCUT2D eigenvalue weighted by molar-refractivity contribution is 7.07. The van der Waals surface area contributed by atoms with Gasteiger partial charge in [-0.2, -0.15) is 5.26 Å². The van der Waals surface area contributed by atoms with Gasteiger partial charge >= 0.3 is 6.03 Å². The molecule has 0 saturated heterocycles. The topological polar surface area (TPSA) is 144 Å². The van der Waals surface area contributed by atoms with Gasteiger partial charge in [0.15, 0.2) is 6.29 Å². The summed E-state index contributed by atoms with van der Waals surface area (Å²) < 4.78 is 0. The highest BCUT2D eigenvalue weighted by Crippen LogP contribution is 2.29. The summed E-state index contributed by atoms with van der Waals surface area (Å²) >= 11 is 1.48. The number of rotatable bonds is 10. The molecular weight excluding hydrogens is 516 g/mol. The van der Waals surface area contributed by atoms with Crippen LogP contribution in [0.25, 0.3) is 0 Å². The Morgan fingerprint density at radius 2 is 2.13 bits per heavy atom. The number of carbonyl (C=O) groups excluding carboxylic acids is 3. The minimum atomic E-state index is -0.440. The van der Waals surface area contributed by atoms with Crippen LogP contribution < -0.4 is 15.5 Å². The molecule has 12 heteroatoms. The van der Waals surface area contributed by atoms with Crippen LogP contribution in [0.5, 0.6) is 0 Å². The number of fused-ring (bicyclic) bond motifs is 1. The zero-order valence-corrected chi connectivity index (χ0v) is 22.8. The van der Waals surface area contributed by atoms with E-state index in [-0.39, 0.29) is 17.4 Å². The predicted molar refractivity (Wildman–Crippen MR) is 149 cm³/mol. The molecule has 0 spiro atoms. The highest BCUT2D eigenvalue weighted by Gasteiger charge is 2.27. The number of hydrogen-bond acceptors (Lipinski definition) is 9. The summed E-state index contributed by atoms with van der Waals surface area (Å²) in [7, 11) is 0. The molecule has 3 aromatic heterocycles. The van der Waals surface area contributed by atoms with E-state index >= 15 is 0 Å². The fraction of sp³-hybridized carbons (Fsp3) is 0.370. The van der Waals surface area contributed by atoms with Gasteiger partial charge in [0.2, 0.25) is 5.91 Å². The van der Waals surface area contributed by atoms with Crippen molar-refractivity contribution in [1.29, 1.82) is 5.26 Å². The Hall–Kier alpha value is -4.37. The van der Waals surface area contributed by atoms with Crippen LogP contribution in [0.3, 0.4) is 0 Å². The molecule has 11 nitrogen and oxygen atoms in total. The monoisotopic (exact) mass is 546 g/mol. The number of pyridine rings is 2. The third-order valence-electron chi connectivity index (χ3n) is 6.34. The van der Waals surface area contributed by atoms with Crippen molar-refractivity contribution < 1.29 is 14.4 Å². The quantitative estimate of drug-likeness (QED) is 0.357. The molecule has 0 unspecified atom stereocenters. The number of aryl methyl sites for hydroxylation is 1. The van der Waals surface area contributed by atoms with Crippen LogP contribution in [0, 0.1) is 11.3 Å². The van der Waals surface area contributed by atoms with Gasteiger partial charge in [-0.15, -0.1) is 11.3 Å². The number of urea groups is 1. The van der Waals surface area contributed by atoms with Gasteiger partial charge in [-0.05, 0) is 30.9 Å². The smallest absolute Gasteiger partial charge is 0.328 e. The first kappa shape index (κ1) is 27.7. The summed E-state index contributed by atoms with van der Waals surface area (Å²) in [6, 6.07) is 5.15. The van der Waals surface area contributed by atoms with Crippen LogP contribution in [0.1, 0.15) is 66.0 Å². The molecule has 202 valence electrons. The second-order valence-electron chi connectivity index (χ2n) is 9.05. The number of carbonyl (C=O) groups is 3. The third kappa shape index (κ3) is 6.56. The van der Waals surface area contributed by atoms with Crippen molar-refractivity contribution in [3.05, 3.63) is 57.3 Å². The number of anilines is 3. The first-order valence-electron chi connectivity index (χ1n) is 12.8. The molecule has 0 saturated carbocycles. The minimum Gasteiger partial charge on any atom is -0.378 e. The second-order valence-corrected chi connectivity index (χ2v) is 9.77. The third-order valence-corrected chi connectivity index (χ3v) is 6.98. The first-order chi connectivity index (χ1) is 19.0. The lowest BCUT2D eigenvalue weighted by atomic mass is 10.0. The van der Waals surface area contributed by atoms with Gasteiger partial charge in [-0.1, -0.05) is 13.8 Å². The Labute approximate surface area is 230 Å². The zero-order valence-electron chi connectivity index (χ0n) is 21.9. The van der Waals surface area contributed by atoms with E-state index in [0.29, 0.717) is 67.9 Å². The molecule has 0 bridgehead atoms. The van der Waals surface area contributed by atoms with Gasteiger partial charge in [0.25, 0.3) is 0 Å². The largest absolute Gasteiger partial charge is 0.378 e. The van der Waals surface area contributed by atoms with Gasteiger partial charge in [0.1, 0.15) is 23.4 Å². The summed E-state index contributed by atoms with van der Waals surface area (Å²) in [5.74, 6) is 0.708. The maximum atomic E-state index is 13.3. The van der Waals surface area contributed by atoms with Gasteiger partial charge < -0.3 is 10.2 Å². The van der Waals surface area contributed by atoms with E-state index in [1.165, 1.54) is 22.4 Å². The van der Waals surface area contributed by atoms with Crippen molar-refractivity contribution in [2.24, 2.45) is 0 Å². The van der Waals surface area contributed by atoms with E-state index in [2.05, 4.69) is 31.7 Å². The van der Waals surface area contributed by atoms with Gasteiger partial charge in [0, 0.05) is 49.3 Å². The van der Waals surface area contributed by atoms with E-state index in [0.717, 1.165) is 24.1 Å². The van der Waals surface area contributed by atoms with Crippen molar-refractivity contribution >= 4 is 46.9 Å². The molecule has 0 radical (unpaired) electrons. The Bertz CT molecular complexity index is 1390. The number of nitrogens with zero attached hydrogens (tertiary/aromatic N) is 6. The van der Waals surface area contributed by atoms with Crippen LogP contribution >= 0.6 is 11.3 Å². The van der Waals surface area contributed by atoms with Crippen LogP contribution in [-0.4, -0.2) is 51.2 Å². The molecule has 4 heterocycles. The number of thiazole rings is 1. The molecule has 0 aromatic carbocycles. The first-order valence-corrected chi connectivity index (χ1v) is 13.8. The summed E-state index contributed by atoms with van der Waals surface area (Å²) in [4.78, 5) is 53.9. The fourth-order valence-corrected chi connectivity index (χ4v) is 4.98. The summed E-state index contributed by atoms with van der Waals surface area (Å²) in [6.45, 7) is 5.55. The second kappa shape index (κ2) is 12.9. The van der Waals surface area contributed by atoms with E-state index in [9.17, 15) is 19.6 Å². The molecule has 39 heavy (non-hydrogen) atoms. The van der Waals surface area contributed by atoms with E-state index < -0.39 is 6.03 Å². The predicted octanol–water partition coefficient (Wildman–Crippen LogP) is 4.36. The molecule has 3 aromatic rings. The van der Waals surface area contributed by atoms with Crippen molar-refractivity contribution in [1.82, 2.24) is 19.9 Å². The Kier molecular flexibility index (Phi) is 9.17. The normalized spacial score (nSPS) is 12.3. The number of hydrogen-bond donors (Lipinski definition) is 2. The van der Waals surface area contributed by atoms with Crippen molar-refractivity contribution in [2.45, 2.75) is 52.6 Å². The summed E-state index contributed by atoms with van der Waals surface area (Å²) in [5, 5.41) is 17.3. The van der Waals surface area contributed by atoms with E-state index in [4.69, 9.17) is 0 Å². The van der Waals surface area contributed by atoms with Crippen molar-refractivity contribution in [2.75, 3.05) is 28.6 Å². The van der Waals surface area contributed by atoms with E-state index in [1.807, 2.05) is 25.3 Å². The maximum Gasteiger partial charge on any atom is 0.328 e. The summed E-state index contributed by atoms with van der Waals surface area (Å²) in [6.07, 6.45) is 4.68. The maximum absolute atomic E-state index is 13.3. The molecule has 1 aliphatic heterocycles. The number of aldehydes is 1. The van der Waals surface area contributed by atoms with Crippen LogP contribution in [0.4, 0.5) is 22.1 Å². The van der Waals surface area contributed by atoms with E-state index in [1.54, 1.807) is 16.5 Å². The number of nitriles is 1. The fourth-order valence-electron chi connectivity index (χ4n) is 4.42. The zero-order chi connectivity index (χ0) is 27.8. The molecule has 4 rings (SSSR count). The van der Waals surface area contributed by atoms with Crippen LogP contribution in [0.15, 0.2) is 29.2 Å². The average molecular weight is 547 g/mol. The highest BCUT2D eigenvalue weighted by atomic mass is 32.1. The van der Waals surface area contributed by atoms with Crippen molar-refractivity contribution in [3.63, 3.8) is 0 Å². The lowest BCUT2D eigenvalue weighted by Crippen LogP contribution is -2.40. The molecule has 0 atom stereocenters. The summed E-state index contributed by atoms with van der Waals surface area (Å²) in [5.41, 5.74) is 5.17. The molecular formula is C27H30N8O3S. The number of amides is 3. The van der Waals surface area contributed by atoms with Crippen molar-refractivity contribution in [3.8, 4) is 6.07 Å². The lowest BCUT2D eigenvalue weighted by Gasteiger charge is -2.30. The van der Waals surface area contributed by atoms with Gasteiger partial charge in [-0.25, -0.2) is 19.7 Å². The van der Waals surface area contributed by atoms with Gasteiger partial charge in [0.05, 0.1) is 29.0 Å². The lowest BCUT2D eigenvalue weighted by molar-refractivity contribution is -0.131. The Morgan fingerprint density at radius 3 is 2.82 bits per heavy atom. The molecule has 0 fully saturated rings. The Balaban J connectivity index is 1.54. The minimum absolute atomic E-state index is 0.0165. The molecule has 1 aliphatic rings. The SMILES string of the molecule is CCCN(Cc1cc2c(nc1C=O)N(C(=O)Nc1cc(NCc3cscn3)c(C#N)cn1)CCC2)C(=O)CC. The molecule has 2 N–H and O–H groups in total. The number of nitrogens with one attached hydrogen (secondary N) is 2. The standard InChI is InChI=1S/C27H30N8O3S/c1-3-7-34(25(37)4-2)14-19-9-18-6-5-8-35(26(18)32-23(19)15-36)27(38)33-24-10-22(20(11-28)12-30-24)29-13-21-16-39-17-31-21/h9-10,12,15-17H,3-8,13-14H2,1-2H3,(H2,29,30,33,38). The Morgan fingerprint density at radius 1 is 1.28 bits per heavy atom. The van der Waals surface area contributed by atoms with Crippen LogP contribution in [0.2, 0.25) is 0 Å². The van der Waals surface area contributed by atoms with Gasteiger partial charge in [-0.3, -0.25) is 19.8 Å². The molecule has 3 amide bonds. The van der Waals surface area contributed by atoms with Crippen LogP contribution in [-0.2, 0) is 24.3 Å².